The minimum atomic E-state index is -1.12. The molecule has 0 saturated carbocycles. The van der Waals surface area contributed by atoms with Gasteiger partial charge in [0.1, 0.15) is 18.7 Å². The number of fused-ring (bicyclic) bond motifs is 1. The van der Waals surface area contributed by atoms with Gasteiger partial charge in [0.2, 0.25) is 17.7 Å². The summed E-state index contributed by atoms with van der Waals surface area (Å²) in [6, 6.07) is 10.9. The van der Waals surface area contributed by atoms with Crippen LogP contribution in [-0.2, 0) is 35.0 Å². The first-order chi connectivity index (χ1) is 24.5. The van der Waals surface area contributed by atoms with Crippen molar-refractivity contribution in [2.75, 3.05) is 40.1 Å². The van der Waals surface area contributed by atoms with E-state index in [0.29, 0.717) is 44.9 Å². The van der Waals surface area contributed by atoms with Crippen LogP contribution in [0.2, 0.25) is 0 Å². The third kappa shape index (κ3) is 16.9. The maximum absolute atomic E-state index is 14.0. The summed E-state index contributed by atoms with van der Waals surface area (Å²) in [5.74, 6) is -0.853. The number of alkyl carbamates (subject to hydrolysis) is 1. The highest BCUT2D eigenvalue weighted by Crippen LogP contribution is 2.20. The van der Waals surface area contributed by atoms with Crippen LogP contribution in [0.3, 0.4) is 0 Å². The first-order valence-electron chi connectivity index (χ1n) is 18.5. The summed E-state index contributed by atoms with van der Waals surface area (Å²) in [7, 11) is 1.57. The Balaban J connectivity index is 2.26. The number of amides is 4. The van der Waals surface area contributed by atoms with Crippen molar-refractivity contribution in [3.05, 3.63) is 48.0 Å². The number of hydrogen-bond donors (Lipinski definition) is 5. The van der Waals surface area contributed by atoms with E-state index in [-0.39, 0.29) is 37.9 Å². The number of carbonyl (C=O) groups excluding carboxylic acids is 4. The molecule has 286 valence electrons. The summed E-state index contributed by atoms with van der Waals surface area (Å²) >= 11 is 0. The van der Waals surface area contributed by atoms with E-state index in [4.69, 9.17) is 14.2 Å². The molecule has 0 heterocycles. The molecule has 0 aliphatic heterocycles. The molecule has 0 aliphatic rings. The summed E-state index contributed by atoms with van der Waals surface area (Å²) in [6.45, 7) is 11.5. The van der Waals surface area contributed by atoms with Crippen molar-refractivity contribution in [1.29, 1.82) is 0 Å². The van der Waals surface area contributed by atoms with E-state index < -0.39 is 42.1 Å². The van der Waals surface area contributed by atoms with Gasteiger partial charge >= 0.3 is 6.09 Å². The van der Waals surface area contributed by atoms with Crippen LogP contribution in [0.4, 0.5) is 4.79 Å². The molecular formula is C39H62N4O8. The number of rotatable bonds is 25. The lowest BCUT2D eigenvalue weighted by atomic mass is 9.96. The fourth-order valence-electron chi connectivity index (χ4n) is 5.60. The molecule has 0 spiro atoms. The van der Waals surface area contributed by atoms with Crippen LogP contribution in [0.1, 0.15) is 85.1 Å². The second-order valence-electron chi connectivity index (χ2n) is 13.7. The minimum absolute atomic E-state index is 0.0184. The van der Waals surface area contributed by atoms with E-state index in [1.165, 1.54) is 0 Å². The van der Waals surface area contributed by atoms with Gasteiger partial charge in [0.15, 0.2) is 0 Å². The first kappa shape index (κ1) is 43.4. The van der Waals surface area contributed by atoms with Gasteiger partial charge in [0.25, 0.3) is 0 Å². The van der Waals surface area contributed by atoms with Gasteiger partial charge in [-0.05, 0) is 41.0 Å². The Morgan fingerprint density at radius 2 is 1.53 bits per heavy atom. The molecule has 0 aliphatic carbocycles. The van der Waals surface area contributed by atoms with Gasteiger partial charge in [-0.1, -0.05) is 103 Å². The highest BCUT2D eigenvalue weighted by molar-refractivity contribution is 5.92. The predicted octanol–water partition coefficient (Wildman–Crippen LogP) is 4.65. The zero-order valence-corrected chi connectivity index (χ0v) is 31.5. The second-order valence-corrected chi connectivity index (χ2v) is 13.7. The highest BCUT2D eigenvalue weighted by atomic mass is 16.6. The van der Waals surface area contributed by atoms with Gasteiger partial charge in [-0.25, -0.2) is 4.79 Å². The largest absolute Gasteiger partial charge is 0.447 e. The second kappa shape index (κ2) is 24.4. The summed E-state index contributed by atoms with van der Waals surface area (Å²) in [5.41, 5.74) is 0.843. The number of carbonyl (C=O) groups is 4. The lowest BCUT2D eigenvalue weighted by molar-refractivity contribution is -0.131. The molecule has 12 nitrogen and oxygen atoms in total. The molecule has 2 rings (SSSR count). The number of nitrogens with one attached hydrogen (secondary N) is 4. The van der Waals surface area contributed by atoms with Crippen LogP contribution >= 0.6 is 0 Å². The van der Waals surface area contributed by atoms with E-state index in [9.17, 15) is 24.3 Å². The van der Waals surface area contributed by atoms with Crippen molar-refractivity contribution in [2.45, 2.75) is 110 Å². The zero-order valence-electron chi connectivity index (χ0n) is 31.5. The average Bonchev–Trinajstić information content (AvgIpc) is 3.10. The van der Waals surface area contributed by atoms with Crippen molar-refractivity contribution in [1.82, 2.24) is 21.3 Å². The Morgan fingerprint density at radius 3 is 2.24 bits per heavy atom. The van der Waals surface area contributed by atoms with E-state index in [1.54, 1.807) is 7.11 Å². The molecule has 0 radical (unpaired) electrons. The molecule has 0 fully saturated rings. The average molecular weight is 715 g/mol. The third-order valence-electron chi connectivity index (χ3n) is 8.79. The monoisotopic (exact) mass is 714 g/mol. The highest BCUT2D eigenvalue weighted by Gasteiger charge is 2.31. The molecule has 4 amide bonds. The van der Waals surface area contributed by atoms with Crippen molar-refractivity contribution in [3.63, 3.8) is 0 Å². The Hall–Kier alpha value is -3.74. The molecule has 2 aromatic carbocycles. The molecule has 12 heteroatoms. The zero-order chi connectivity index (χ0) is 37.6. The topological polar surface area (TPSA) is 164 Å². The minimum Gasteiger partial charge on any atom is -0.447 e. The van der Waals surface area contributed by atoms with Crippen LogP contribution in [0.15, 0.2) is 42.5 Å². The number of unbranched alkanes of at least 4 members (excludes halogenated alkanes) is 2. The molecule has 0 saturated heterocycles. The van der Waals surface area contributed by atoms with Gasteiger partial charge in [-0.3, -0.25) is 14.4 Å². The normalized spacial score (nSPS) is 14.3. The van der Waals surface area contributed by atoms with Crippen molar-refractivity contribution in [2.24, 2.45) is 11.8 Å². The van der Waals surface area contributed by atoms with Gasteiger partial charge in [-0.15, -0.1) is 0 Å². The van der Waals surface area contributed by atoms with Crippen molar-refractivity contribution >= 4 is 34.6 Å². The fraction of sp³-hybridized carbons (Fsp3) is 0.641. The summed E-state index contributed by atoms with van der Waals surface area (Å²) < 4.78 is 15.6. The maximum atomic E-state index is 14.0. The van der Waals surface area contributed by atoms with Gasteiger partial charge in [-0.2, -0.15) is 0 Å². The molecule has 51 heavy (non-hydrogen) atoms. The van der Waals surface area contributed by atoms with E-state index in [0.717, 1.165) is 35.6 Å². The third-order valence-corrected chi connectivity index (χ3v) is 8.79. The molecule has 0 bridgehead atoms. The molecule has 5 N–H and O–H groups in total. The number of aliphatic hydroxyl groups excluding tert-OH is 1. The Bertz CT molecular complexity index is 1330. The molecule has 5 atom stereocenters. The lowest BCUT2D eigenvalue weighted by Crippen LogP contribution is -2.57. The Labute approximate surface area is 304 Å². The predicted molar refractivity (Wildman–Crippen MR) is 199 cm³/mol. The Morgan fingerprint density at radius 1 is 0.824 bits per heavy atom. The smallest absolute Gasteiger partial charge is 0.407 e. The number of benzene rings is 2. The summed E-state index contributed by atoms with van der Waals surface area (Å²) in [5, 5.41) is 24.5. The van der Waals surface area contributed by atoms with Gasteiger partial charge in [0.05, 0.1) is 38.4 Å². The standard InChI is InChI=1S/C39H62N4O8/c1-7-9-10-18-32(37(46)42-33(23-27(3)4)35(44)25-36(45)40-26-28(5)8-2)41-38(47)34(43-39(48)51-22-21-50-20-19-49-6)24-30-16-13-15-29-14-11-12-17-31(29)30/h11-17,27-28,32-35,44H,7-10,18-26H2,1-6H3,(H,40,45)(H,41,47)(H,42,46)(H,43,48)/t28?,32-,33-,34-,35-/m0/s1. The van der Waals surface area contributed by atoms with E-state index in [1.807, 2.05) is 77.1 Å². The van der Waals surface area contributed by atoms with Crippen molar-refractivity contribution < 1.29 is 38.5 Å². The molecule has 0 aromatic heterocycles. The molecule has 1 unspecified atom stereocenters. The summed E-state index contributed by atoms with van der Waals surface area (Å²) in [4.78, 5) is 53.4. The fourth-order valence-corrected chi connectivity index (χ4v) is 5.60. The van der Waals surface area contributed by atoms with Crippen LogP contribution < -0.4 is 21.3 Å². The summed E-state index contributed by atoms with van der Waals surface area (Å²) in [6.07, 6.45) is 2.25. The SMILES string of the molecule is CCCCC[C@H](NC(=O)[C@H](Cc1cccc2ccccc12)NC(=O)OCCOCCOC)C(=O)N[C@@H](CC(C)C)[C@@H](O)CC(=O)NCC(C)CC. The quantitative estimate of drug-likeness (QED) is 0.0929. The van der Waals surface area contributed by atoms with Crippen LogP contribution in [0.5, 0.6) is 0 Å². The lowest BCUT2D eigenvalue weighted by Gasteiger charge is -2.29. The van der Waals surface area contributed by atoms with Crippen LogP contribution in [0, 0.1) is 11.8 Å². The maximum Gasteiger partial charge on any atom is 0.407 e. The number of methoxy groups -OCH3 is 1. The van der Waals surface area contributed by atoms with Gasteiger partial charge < -0.3 is 40.6 Å². The van der Waals surface area contributed by atoms with Crippen LogP contribution in [0.25, 0.3) is 10.8 Å². The molecular weight excluding hydrogens is 652 g/mol. The number of aliphatic hydroxyl groups is 1. The van der Waals surface area contributed by atoms with E-state index >= 15 is 0 Å². The van der Waals surface area contributed by atoms with Crippen LogP contribution in [-0.4, -0.2) is 93.2 Å². The Kier molecular flexibility index (Phi) is 20.8. The van der Waals surface area contributed by atoms with Gasteiger partial charge in [0, 0.05) is 20.1 Å². The van der Waals surface area contributed by atoms with E-state index in [2.05, 4.69) is 21.3 Å². The number of ether oxygens (including phenoxy) is 3. The first-order valence-corrected chi connectivity index (χ1v) is 18.5. The molecule has 2 aromatic rings. The number of hydrogen-bond acceptors (Lipinski definition) is 8. The van der Waals surface area contributed by atoms with Crippen molar-refractivity contribution in [3.8, 4) is 0 Å².